The van der Waals surface area contributed by atoms with Crippen LogP contribution in [0.1, 0.15) is 363 Å². The number of hydrogen-bond acceptors (Lipinski definition) is 10. The summed E-state index contributed by atoms with van der Waals surface area (Å²) in [5.41, 5.74) is 13.9. The molecule has 0 radical (unpaired) electrons. The first kappa shape index (κ1) is 109. The van der Waals surface area contributed by atoms with E-state index < -0.39 is 0 Å². The van der Waals surface area contributed by atoms with Gasteiger partial charge in [-0.2, -0.15) is 0 Å². The van der Waals surface area contributed by atoms with Crippen molar-refractivity contribution >= 4 is 48.1 Å². The Balaban J connectivity index is -0.000000593. The van der Waals surface area contributed by atoms with Gasteiger partial charge in [-0.15, -0.1) is 0 Å². The number of rotatable bonds is 24. The van der Waals surface area contributed by atoms with Crippen LogP contribution in [0.15, 0.2) is 165 Å². The average Bonchev–Trinajstić information content (AvgIpc) is 0.765. The van der Waals surface area contributed by atoms with Gasteiger partial charge in [0.2, 0.25) is 0 Å². The molecule has 0 fully saturated rings. The Morgan fingerprint density at radius 3 is 0.820 bits per heavy atom. The summed E-state index contributed by atoms with van der Waals surface area (Å²) >= 11 is 0. The Bertz CT molecular complexity index is 3450. The number of carbonyl (C=O) groups is 5. The van der Waals surface area contributed by atoms with E-state index in [2.05, 4.69) is 259 Å². The molecular formula is C101H160O10. The van der Waals surface area contributed by atoms with Gasteiger partial charge in [-0.25, -0.2) is 24.0 Å². The molecule has 10 nitrogen and oxygen atoms in total. The second kappa shape index (κ2) is 49.6. The van der Waals surface area contributed by atoms with Gasteiger partial charge in [0.05, 0.1) is 0 Å². The molecule has 0 aliphatic heterocycles. The minimum absolute atomic E-state index is 0.108. The highest BCUT2D eigenvalue weighted by Crippen LogP contribution is 2.39. The van der Waals surface area contributed by atoms with Crippen LogP contribution in [-0.4, -0.2) is 52.3 Å². The molecule has 0 unspecified atom stereocenters. The highest BCUT2D eigenvalue weighted by Gasteiger charge is 2.31. The molecule has 0 aliphatic carbocycles. The molecule has 0 saturated heterocycles. The van der Waals surface area contributed by atoms with Crippen LogP contribution in [-0.2, 0) is 75.4 Å². The van der Waals surface area contributed by atoms with E-state index in [4.69, 9.17) is 23.7 Å². The van der Waals surface area contributed by atoms with Crippen LogP contribution in [0.5, 0.6) is 5.75 Å². The predicted octanol–water partition coefficient (Wildman–Crippen LogP) is 28.8. The van der Waals surface area contributed by atoms with Crippen LogP contribution in [0, 0.1) is 0 Å². The van der Waals surface area contributed by atoms with Crippen molar-refractivity contribution < 1.29 is 47.7 Å². The summed E-state index contributed by atoms with van der Waals surface area (Å²) in [5, 5.41) is 0. The van der Waals surface area contributed by atoms with Crippen LogP contribution in [0.3, 0.4) is 0 Å². The van der Waals surface area contributed by atoms with Crippen molar-refractivity contribution in [2.75, 3.05) is 0 Å². The highest BCUT2D eigenvalue weighted by atomic mass is 16.6. The number of carbonyl (C=O) groups excluding carboxylic acids is 5. The van der Waals surface area contributed by atoms with Crippen molar-refractivity contribution in [3.63, 3.8) is 0 Å². The molecule has 4 aromatic carbocycles. The van der Waals surface area contributed by atoms with E-state index in [1.165, 1.54) is 50.1 Å². The Morgan fingerprint density at radius 1 is 0.315 bits per heavy atom. The van der Waals surface area contributed by atoms with E-state index in [1.807, 2.05) is 92.7 Å². The van der Waals surface area contributed by atoms with E-state index in [0.29, 0.717) is 33.6 Å². The van der Waals surface area contributed by atoms with Crippen LogP contribution < -0.4 is 4.74 Å². The van der Waals surface area contributed by atoms with E-state index in [1.54, 1.807) is 46.8 Å². The van der Waals surface area contributed by atoms with Gasteiger partial charge in [0.15, 0.2) is 0 Å². The molecule has 0 spiro atoms. The smallest absolute Gasteiger partial charge is 0.338 e. The van der Waals surface area contributed by atoms with E-state index >= 15 is 0 Å². The van der Waals surface area contributed by atoms with Crippen LogP contribution >= 0.6 is 0 Å². The summed E-state index contributed by atoms with van der Waals surface area (Å²) in [6, 6.07) is 29.4. The lowest BCUT2D eigenvalue weighted by molar-refractivity contribution is -0.156. The Morgan fingerprint density at radius 2 is 0.586 bits per heavy atom. The van der Waals surface area contributed by atoms with Gasteiger partial charge < -0.3 is 23.7 Å². The largest absolute Gasteiger partial charge is 0.456 e. The number of benzene rings is 4. The fourth-order valence-corrected chi connectivity index (χ4v) is 10.5. The first-order valence-corrected chi connectivity index (χ1v) is 40.3. The topological polar surface area (TPSA) is 132 Å². The zero-order valence-electron chi connectivity index (χ0n) is 77.3. The molecule has 0 heterocycles. The summed E-state index contributed by atoms with van der Waals surface area (Å²) in [5.74, 6) is -0.959. The summed E-state index contributed by atoms with van der Waals surface area (Å²) in [4.78, 5) is 56.2. The molecule has 0 saturated carbocycles. The first-order chi connectivity index (χ1) is 50.5. The number of esters is 5. The van der Waals surface area contributed by atoms with Crippen LogP contribution in [0.2, 0.25) is 0 Å². The van der Waals surface area contributed by atoms with E-state index in [0.717, 1.165) is 70.6 Å². The molecule has 111 heavy (non-hydrogen) atoms. The fourth-order valence-electron chi connectivity index (χ4n) is 10.5. The minimum Gasteiger partial charge on any atom is -0.456 e. The SMILES string of the molecule is C=C(C)C(=O)OC(C)(C)CCC.C=C(C)C(=O)OC(C)(CC)CC.C=C(C)C(=O)OC(C)(CCC)CCC.C=C(C)C(=O)OC(CC)(CC)CC.C=C(C)C(=O)Oc1ccc(C(C)(C)C)cc1.C=Cc1c(C(C)(C)C)cc(C(C)(C)C)cc1C(C)(C)C.C=Cc1ccc(C(C)(C)C)cc1.C=Cc1ccc(C(C)(C)C)cc1. The van der Waals surface area contributed by atoms with E-state index in [-0.39, 0.29) is 84.7 Å². The van der Waals surface area contributed by atoms with Gasteiger partial charge in [-0.05, 0) is 208 Å². The molecule has 0 aliphatic rings. The predicted molar refractivity (Wildman–Crippen MR) is 482 cm³/mol. The maximum atomic E-state index is 11.4. The average molecular weight is 1530 g/mol. The summed E-state index contributed by atoms with van der Waals surface area (Å²) in [6.45, 7) is 102. The molecular weight excluding hydrogens is 1370 g/mol. The summed E-state index contributed by atoms with van der Waals surface area (Å²) in [7, 11) is 0. The van der Waals surface area contributed by atoms with Crippen LogP contribution in [0.25, 0.3) is 18.2 Å². The summed E-state index contributed by atoms with van der Waals surface area (Å²) < 4.78 is 26.4. The van der Waals surface area contributed by atoms with Gasteiger partial charge >= 0.3 is 29.8 Å². The van der Waals surface area contributed by atoms with Crippen LogP contribution in [0.4, 0.5) is 0 Å². The third kappa shape index (κ3) is 44.8. The van der Waals surface area contributed by atoms with Gasteiger partial charge in [-0.3, -0.25) is 0 Å². The number of ether oxygens (including phenoxy) is 5. The van der Waals surface area contributed by atoms with Crippen molar-refractivity contribution in [3.05, 3.63) is 215 Å². The lowest BCUT2D eigenvalue weighted by Gasteiger charge is -2.32. The van der Waals surface area contributed by atoms with Crippen molar-refractivity contribution in [2.24, 2.45) is 0 Å². The van der Waals surface area contributed by atoms with Crippen molar-refractivity contribution in [2.45, 2.75) is 368 Å². The second-order valence-electron chi connectivity index (χ2n) is 36.6. The minimum atomic E-state index is -0.386. The lowest BCUT2D eigenvalue weighted by atomic mass is 9.72. The third-order valence-corrected chi connectivity index (χ3v) is 18.8. The zero-order chi connectivity index (χ0) is 87.9. The molecule has 624 valence electrons. The Hall–Kier alpha value is -7.85. The normalized spacial score (nSPS) is 11.5. The Kier molecular flexibility index (Phi) is 48.9. The maximum Gasteiger partial charge on any atom is 0.338 e. The molecule has 4 aromatic rings. The molecule has 0 bridgehead atoms. The zero-order valence-corrected chi connectivity index (χ0v) is 77.3. The standard InChI is InChI=1S/C20H32.C14H18O2.C12H22O2.2C12H16.C11H20O2.2C10H18O2/c1-11-15-16(19(5,6)7)12-14(18(2,3)4)13-17(15)20(8,9)10;1-10(2)13(15)16-12-8-6-11(7-9-12)14(3,4)5;1-6-8-12(5,9-7-2)14-11(13)10(3)4;2*1-5-10-6-8-11(9-7-10)12(2,3)4;1-6-11(7-2,8-3)13-10(12)9(4)5;1-6-7-10(4,5)12-9(11)8(2)3;1-6-10(5,7-2)12-9(11)8(3)4/h11-13H,1H2,2-10H3;6-9H,1H2,2-5H3;3,6-9H2,1-2,4-5H3;2*5-9H,1H2,2-4H3;4,6-8H2,1-3,5H3;2,6-7H2,1,3-5H3;3,6-7H2,1-2,4-5H3. The molecule has 0 amide bonds. The fraction of sp³-hybridized carbons (Fsp3) is 0.554. The van der Waals surface area contributed by atoms with Gasteiger partial charge in [0.25, 0.3) is 0 Å². The first-order valence-electron chi connectivity index (χ1n) is 40.3. The quantitative estimate of drug-likeness (QED) is 0.0289. The molecule has 0 atom stereocenters. The molecule has 0 aromatic heterocycles. The van der Waals surface area contributed by atoms with Gasteiger partial charge in [0, 0.05) is 27.9 Å². The molecule has 4 rings (SSSR count). The van der Waals surface area contributed by atoms with Crippen molar-refractivity contribution in [3.8, 4) is 5.75 Å². The van der Waals surface area contributed by atoms with Crippen molar-refractivity contribution in [1.29, 1.82) is 0 Å². The maximum absolute atomic E-state index is 11.4. The molecule has 0 N–H and O–H groups in total. The molecule has 10 heteroatoms. The van der Waals surface area contributed by atoms with Gasteiger partial charge in [0.1, 0.15) is 28.2 Å². The number of hydrogen-bond donors (Lipinski definition) is 0. The lowest BCUT2D eigenvalue weighted by Crippen LogP contribution is -2.33. The Labute approximate surface area is 681 Å². The van der Waals surface area contributed by atoms with E-state index in [9.17, 15) is 24.0 Å². The third-order valence-electron chi connectivity index (χ3n) is 18.8. The second-order valence-corrected chi connectivity index (χ2v) is 36.6. The van der Waals surface area contributed by atoms with Gasteiger partial charge in [-0.1, -0.05) is 343 Å². The summed E-state index contributed by atoms with van der Waals surface area (Å²) in [6.07, 6.45) is 15.8. The van der Waals surface area contributed by atoms with Crippen molar-refractivity contribution in [1.82, 2.24) is 0 Å². The highest BCUT2D eigenvalue weighted by molar-refractivity contribution is 5.89. The monoisotopic (exact) mass is 1530 g/mol.